The van der Waals surface area contributed by atoms with Crippen LogP contribution in [0.25, 0.3) is 16.8 Å². The van der Waals surface area contributed by atoms with E-state index in [2.05, 4.69) is 37.7 Å². The lowest BCUT2D eigenvalue weighted by Gasteiger charge is -2.10. The second kappa shape index (κ2) is 6.48. The third-order valence-corrected chi connectivity index (χ3v) is 3.59. The largest absolute Gasteiger partial charge is 0.354 e. The highest BCUT2D eigenvalue weighted by Gasteiger charge is 2.09. The van der Waals surface area contributed by atoms with Crippen LogP contribution in [0.3, 0.4) is 0 Å². The van der Waals surface area contributed by atoms with E-state index in [0.717, 1.165) is 29.7 Å². The monoisotopic (exact) mass is 297 g/mol. The first-order valence-corrected chi connectivity index (χ1v) is 7.31. The first kappa shape index (κ1) is 14.4. The van der Waals surface area contributed by atoms with Gasteiger partial charge in [-0.15, -0.1) is 0 Å². The molecule has 3 aromatic heterocycles. The molecule has 7 nitrogen and oxygen atoms in total. The fourth-order valence-corrected chi connectivity index (χ4v) is 2.17. The van der Waals surface area contributed by atoms with Gasteiger partial charge < -0.3 is 10.6 Å². The zero-order valence-corrected chi connectivity index (χ0v) is 12.7. The van der Waals surface area contributed by atoms with Gasteiger partial charge in [0, 0.05) is 30.5 Å². The predicted molar refractivity (Wildman–Crippen MR) is 85.6 cm³/mol. The second-order valence-corrected chi connectivity index (χ2v) is 5.13. The van der Waals surface area contributed by atoms with Gasteiger partial charge in [0.1, 0.15) is 0 Å². The van der Waals surface area contributed by atoms with Crippen LogP contribution in [0.5, 0.6) is 0 Å². The summed E-state index contributed by atoms with van der Waals surface area (Å²) in [5, 5.41) is 14.9. The molecule has 0 aromatic carbocycles. The van der Waals surface area contributed by atoms with Crippen LogP contribution >= 0.6 is 0 Å². The Morgan fingerprint density at radius 3 is 3.00 bits per heavy atom. The molecule has 0 saturated heterocycles. The van der Waals surface area contributed by atoms with Crippen molar-refractivity contribution in [3.63, 3.8) is 0 Å². The van der Waals surface area contributed by atoms with E-state index in [1.165, 1.54) is 0 Å². The number of anilines is 1. The SMILES string of the molecule is CNC(C)CCNc1nccc(-c2cnn3ncccc23)n1. The standard InChI is InChI=1S/C15H19N7/c1-11(16-2)5-8-17-15-18-9-6-13(21-15)12-10-20-22-14(12)4-3-7-19-22/h3-4,6-7,9-11,16H,5,8H2,1-2H3,(H,17,18,21). The molecule has 7 heteroatoms. The molecule has 0 aliphatic rings. The van der Waals surface area contributed by atoms with Gasteiger partial charge in [-0.25, -0.2) is 9.97 Å². The van der Waals surface area contributed by atoms with Gasteiger partial charge in [0.2, 0.25) is 5.95 Å². The van der Waals surface area contributed by atoms with Gasteiger partial charge in [-0.3, -0.25) is 0 Å². The number of nitrogens with zero attached hydrogens (tertiary/aromatic N) is 5. The van der Waals surface area contributed by atoms with E-state index in [9.17, 15) is 0 Å². The Balaban J connectivity index is 1.79. The van der Waals surface area contributed by atoms with Crippen LogP contribution in [0, 0.1) is 0 Å². The van der Waals surface area contributed by atoms with Crippen molar-refractivity contribution in [2.24, 2.45) is 0 Å². The molecule has 0 saturated carbocycles. The first-order valence-electron chi connectivity index (χ1n) is 7.31. The maximum Gasteiger partial charge on any atom is 0.223 e. The molecule has 22 heavy (non-hydrogen) atoms. The minimum absolute atomic E-state index is 0.460. The lowest BCUT2D eigenvalue weighted by molar-refractivity contribution is 0.579. The smallest absolute Gasteiger partial charge is 0.223 e. The number of hydrogen-bond donors (Lipinski definition) is 2. The third-order valence-electron chi connectivity index (χ3n) is 3.59. The van der Waals surface area contributed by atoms with Crippen molar-refractivity contribution < 1.29 is 0 Å². The zero-order chi connectivity index (χ0) is 15.4. The average Bonchev–Trinajstić information content (AvgIpc) is 2.99. The molecule has 0 aliphatic carbocycles. The Bertz CT molecular complexity index is 752. The highest BCUT2D eigenvalue weighted by Crippen LogP contribution is 2.22. The van der Waals surface area contributed by atoms with Crippen LogP contribution in [0.15, 0.2) is 36.8 Å². The molecule has 114 valence electrons. The molecular weight excluding hydrogens is 278 g/mol. The molecule has 0 spiro atoms. The molecule has 0 amide bonds. The number of hydrogen-bond acceptors (Lipinski definition) is 6. The van der Waals surface area contributed by atoms with Crippen LogP contribution < -0.4 is 10.6 Å². The van der Waals surface area contributed by atoms with Gasteiger partial charge in [0.25, 0.3) is 0 Å². The summed E-state index contributed by atoms with van der Waals surface area (Å²) in [6.07, 6.45) is 6.24. The van der Waals surface area contributed by atoms with Crippen LogP contribution in [-0.4, -0.2) is 44.4 Å². The van der Waals surface area contributed by atoms with Crippen LogP contribution in [0.2, 0.25) is 0 Å². The van der Waals surface area contributed by atoms with E-state index in [4.69, 9.17) is 0 Å². The van der Waals surface area contributed by atoms with E-state index in [1.54, 1.807) is 23.2 Å². The highest BCUT2D eigenvalue weighted by molar-refractivity contribution is 5.77. The Morgan fingerprint density at radius 2 is 2.14 bits per heavy atom. The van der Waals surface area contributed by atoms with Crippen molar-refractivity contribution >= 4 is 11.5 Å². The molecule has 3 aromatic rings. The summed E-state index contributed by atoms with van der Waals surface area (Å²) in [4.78, 5) is 8.83. The summed E-state index contributed by atoms with van der Waals surface area (Å²) in [7, 11) is 1.96. The number of nitrogens with one attached hydrogen (secondary N) is 2. The normalized spacial score (nSPS) is 12.5. The molecule has 1 atom stereocenters. The Labute approximate surface area is 128 Å². The van der Waals surface area contributed by atoms with E-state index in [1.807, 2.05) is 25.2 Å². The minimum atomic E-state index is 0.460. The summed E-state index contributed by atoms with van der Waals surface area (Å²) < 4.78 is 1.60. The molecule has 0 aliphatic heterocycles. The lowest BCUT2D eigenvalue weighted by Crippen LogP contribution is -2.24. The molecular formula is C15H19N7. The summed E-state index contributed by atoms with van der Waals surface area (Å²) in [6.45, 7) is 2.97. The Morgan fingerprint density at radius 1 is 1.23 bits per heavy atom. The highest BCUT2D eigenvalue weighted by atomic mass is 15.4. The van der Waals surface area contributed by atoms with Crippen LogP contribution in [-0.2, 0) is 0 Å². The van der Waals surface area contributed by atoms with E-state index in [-0.39, 0.29) is 0 Å². The number of fused-ring (bicyclic) bond motifs is 1. The molecule has 3 rings (SSSR count). The van der Waals surface area contributed by atoms with E-state index >= 15 is 0 Å². The second-order valence-electron chi connectivity index (χ2n) is 5.13. The average molecular weight is 297 g/mol. The van der Waals surface area contributed by atoms with Crippen molar-refractivity contribution in [2.75, 3.05) is 18.9 Å². The fraction of sp³-hybridized carbons (Fsp3) is 0.333. The van der Waals surface area contributed by atoms with E-state index in [0.29, 0.717) is 12.0 Å². The summed E-state index contributed by atoms with van der Waals surface area (Å²) in [5.41, 5.74) is 2.71. The van der Waals surface area contributed by atoms with Gasteiger partial charge in [-0.1, -0.05) is 0 Å². The van der Waals surface area contributed by atoms with Gasteiger partial charge >= 0.3 is 0 Å². The van der Waals surface area contributed by atoms with Crippen molar-refractivity contribution in [3.05, 3.63) is 36.8 Å². The summed E-state index contributed by atoms with van der Waals surface area (Å²) in [5.74, 6) is 0.629. The maximum absolute atomic E-state index is 4.56. The van der Waals surface area contributed by atoms with Crippen LogP contribution in [0.4, 0.5) is 5.95 Å². The molecule has 0 bridgehead atoms. The Hall–Kier alpha value is -2.54. The van der Waals surface area contributed by atoms with Gasteiger partial charge in [-0.05, 0) is 38.6 Å². The molecule has 0 fully saturated rings. The fourth-order valence-electron chi connectivity index (χ4n) is 2.17. The predicted octanol–water partition coefficient (Wildman–Crippen LogP) is 1.60. The quantitative estimate of drug-likeness (QED) is 0.719. The zero-order valence-electron chi connectivity index (χ0n) is 12.7. The summed E-state index contributed by atoms with van der Waals surface area (Å²) >= 11 is 0. The van der Waals surface area contributed by atoms with Gasteiger partial charge in [0.05, 0.1) is 17.4 Å². The van der Waals surface area contributed by atoms with Gasteiger partial charge in [0.15, 0.2) is 0 Å². The third kappa shape index (κ3) is 3.04. The summed E-state index contributed by atoms with van der Waals surface area (Å²) in [6, 6.07) is 6.20. The minimum Gasteiger partial charge on any atom is -0.354 e. The van der Waals surface area contributed by atoms with Gasteiger partial charge in [-0.2, -0.15) is 14.8 Å². The molecule has 3 heterocycles. The molecule has 2 N–H and O–H groups in total. The number of rotatable bonds is 6. The number of aromatic nitrogens is 5. The van der Waals surface area contributed by atoms with Crippen molar-refractivity contribution in [1.82, 2.24) is 30.1 Å². The topological polar surface area (TPSA) is 80.0 Å². The van der Waals surface area contributed by atoms with Crippen LogP contribution in [0.1, 0.15) is 13.3 Å². The molecule has 1 unspecified atom stereocenters. The first-order chi connectivity index (χ1) is 10.8. The van der Waals surface area contributed by atoms with Crippen molar-refractivity contribution in [2.45, 2.75) is 19.4 Å². The Kier molecular flexibility index (Phi) is 4.24. The van der Waals surface area contributed by atoms with E-state index < -0.39 is 0 Å². The molecule has 0 radical (unpaired) electrons. The van der Waals surface area contributed by atoms with Crippen molar-refractivity contribution in [3.8, 4) is 11.3 Å². The lowest BCUT2D eigenvalue weighted by atomic mass is 10.2. The van der Waals surface area contributed by atoms with Crippen molar-refractivity contribution in [1.29, 1.82) is 0 Å². The maximum atomic E-state index is 4.56.